The molecule has 78 valence electrons. The molecule has 1 aromatic heterocycles. The molecule has 0 bridgehead atoms. The van der Waals surface area contributed by atoms with Crippen LogP contribution in [0.1, 0.15) is 19.3 Å². The summed E-state index contributed by atoms with van der Waals surface area (Å²) in [6.07, 6.45) is 8.17. The first-order chi connectivity index (χ1) is 6.84. The maximum absolute atomic E-state index is 4.28. The topological polar surface area (TPSA) is 21.1 Å². The predicted octanol–water partition coefficient (Wildman–Crippen LogP) is 1.97. The van der Waals surface area contributed by atoms with E-state index in [0.29, 0.717) is 0 Å². The first kappa shape index (κ1) is 10.4. The van der Waals surface area contributed by atoms with Crippen molar-refractivity contribution >= 4 is 22.6 Å². The maximum atomic E-state index is 4.28. The second kappa shape index (κ2) is 5.11. The largest absolute Gasteiger partial charge is 0.301 e. The van der Waals surface area contributed by atoms with Crippen molar-refractivity contribution in [2.24, 2.45) is 0 Å². The fourth-order valence-electron chi connectivity index (χ4n) is 1.89. The highest BCUT2D eigenvalue weighted by Gasteiger charge is 2.09. The maximum Gasteiger partial charge on any atom is 0.0623 e. The Hall–Kier alpha value is -0.100. The Morgan fingerprint density at radius 3 is 2.64 bits per heavy atom. The van der Waals surface area contributed by atoms with Crippen molar-refractivity contribution in [3.8, 4) is 0 Å². The van der Waals surface area contributed by atoms with Gasteiger partial charge in [-0.3, -0.25) is 4.68 Å². The zero-order valence-corrected chi connectivity index (χ0v) is 10.5. The van der Waals surface area contributed by atoms with E-state index in [0.717, 1.165) is 13.1 Å². The van der Waals surface area contributed by atoms with Crippen molar-refractivity contribution in [1.29, 1.82) is 0 Å². The molecule has 2 heterocycles. The fraction of sp³-hybridized carbons (Fsp3) is 0.700. The van der Waals surface area contributed by atoms with Gasteiger partial charge in [0.05, 0.1) is 16.3 Å². The Balaban J connectivity index is 1.76. The molecule has 0 atom stereocenters. The van der Waals surface area contributed by atoms with Crippen LogP contribution < -0.4 is 0 Å². The standard InChI is InChI=1S/C10H16IN3/c11-10-8-12-14(9-10)7-6-13-4-2-1-3-5-13/h8-9H,1-7H2. The third-order valence-electron chi connectivity index (χ3n) is 2.70. The molecule has 1 fully saturated rings. The molecule has 1 aromatic rings. The van der Waals surface area contributed by atoms with Crippen molar-refractivity contribution in [2.45, 2.75) is 25.8 Å². The van der Waals surface area contributed by atoms with Crippen LogP contribution in [0.3, 0.4) is 0 Å². The zero-order chi connectivity index (χ0) is 9.80. The summed E-state index contributed by atoms with van der Waals surface area (Å²) in [4.78, 5) is 2.54. The van der Waals surface area contributed by atoms with Gasteiger partial charge < -0.3 is 4.90 Å². The summed E-state index contributed by atoms with van der Waals surface area (Å²) in [5.74, 6) is 0. The van der Waals surface area contributed by atoms with Gasteiger partial charge in [-0.1, -0.05) is 6.42 Å². The number of hydrogen-bond donors (Lipinski definition) is 0. The van der Waals surface area contributed by atoms with Crippen LogP contribution in [0.2, 0.25) is 0 Å². The van der Waals surface area contributed by atoms with Crippen LogP contribution in [-0.2, 0) is 6.54 Å². The van der Waals surface area contributed by atoms with E-state index in [1.807, 2.05) is 10.9 Å². The lowest BCUT2D eigenvalue weighted by molar-refractivity contribution is 0.218. The minimum atomic E-state index is 1.03. The highest BCUT2D eigenvalue weighted by molar-refractivity contribution is 14.1. The Kier molecular flexibility index (Phi) is 3.81. The van der Waals surface area contributed by atoms with Crippen molar-refractivity contribution in [2.75, 3.05) is 19.6 Å². The molecule has 1 aliphatic rings. The molecule has 0 N–H and O–H groups in total. The summed E-state index contributed by atoms with van der Waals surface area (Å²) in [5.41, 5.74) is 0. The SMILES string of the molecule is Ic1cnn(CCN2CCCCC2)c1. The third kappa shape index (κ3) is 2.95. The molecule has 0 unspecified atom stereocenters. The van der Waals surface area contributed by atoms with Gasteiger partial charge in [0.1, 0.15) is 0 Å². The highest BCUT2D eigenvalue weighted by Crippen LogP contribution is 2.08. The smallest absolute Gasteiger partial charge is 0.0623 e. The summed E-state index contributed by atoms with van der Waals surface area (Å²) < 4.78 is 3.26. The average molecular weight is 305 g/mol. The lowest BCUT2D eigenvalue weighted by Gasteiger charge is -2.26. The van der Waals surface area contributed by atoms with Gasteiger partial charge in [-0.15, -0.1) is 0 Å². The molecule has 3 nitrogen and oxygen atoms in total. The van der Waals surface area contributed by atoms with Crippen LogP contribution >= 0.6 is 22.6 Å². The number of piperidine rings is 1. The lowest BCUT2D eigenvalue weighted by Crippen LogP contribution is -2.32. The number of rotatable bonds is 3. The van der Waals surface area contributed by atoms with Crippen LogP contribution in [-0.4, -0.2) is 34.3 Å². The molecule has 1 saturated heterocycles. The Morgan fingerprint density at radius 1 is 1.21 bits per heavy atom. The normalized spacial score (nSPS) is 18.6. The van der Waals surface area contributed by atoms with Gasteiger partial charge >= 0.3 is 0 Å². The number of aromatic nitrogens is 2. The first-order valence-corrected chi connectivity index (χ1v) is 6.33. The molecule has 0 saturated carbocycles. The molecular weight excluding hydrogens is 289 g/mol. The zero-order valence-electron chi connectivity index (χ0n) is 8.32. The van der Waals surface area contributed by atoms with Crippen LogP contribution in [0.4, 0.5) is 0 Å². The summed E-state index contributed by atoms with van der Waals surface area (Å²) in [7, 11) is 0. The Bertz CT molecular complexity index is 279. The average Bonchev–Trinajstić information content (AvgIpc) is 2.63. The van der Waals surface area contributed by atoms with Gasteiger partial charge in [0.25, 0.3) is 0 Å². The Morgan fingerprint density at radius 2 is 2.00 bits per heavy atom. The molecule has 14 heavy (non-hydrogen) atoms. The molecule has 0 aliphatic carbocycles. The van der Waals surface area contributed by atoms with Crippen LogP contribution in [0, 0.1) is 3.57 Å². The molecule has 0 amide bonds. The quantitative estimate of drug-likeness (QED) is 0.796. The second-order valence-corrected chi connectivity index (χ2v) is 5.07. The Labute approximate surface area is 98.6 Å². The molecule has 0 aromatic carbocycles. The van der Waals surface area contributed by atoms with Crippen molar-refractivity contribution in [3.05, 3.63) is 16.0 Å². The summed E-state index contributed by atoms with van der Waals surface area (Å²) in [6, 6.07) is 0. The molecular formula is C10H16IN3. The fourth-order valence-corrected chi connectivity index (χ4v) is 2.33. The van der Waals surface area contributed by atoms with Crippen LogP contribution in [0.15, 0.2) is 12.4 Å². The minimum Gasteiger partial charge on any atom is -0.301 e. The number of nitrogens with zero attached hydrogens (tertiary/aromatic N) is 3. The van der Waals surface area contributed by atoms with Gasteiger partial charge in [-0.2, -0.15) is 5.10 Å². The number of halogens is 1. The van der Waals surface area contributed by atoms with Crippen molar-refractivity contribution < 1.29 is 0 Å². The molecule has 0 radical (unpaired) electrons. The van der Waals surface area contributed by atoms with Crippen molar-refractivity contribution in [1.82, 2.24) is 14.7 Å². The van der Waals surface area contributed by atoms with E-state index >= 15 is 0 Å². The second-order valence-electron chi connectivity index (χ2n) is 3.82. The van der Waals surface area contributed by atoms with Crippen LogP contribution in [0.25, 0.3) is 0 Å². The monoisotopic (exact) mass is 305 g/mol. The molecule has 4 heteroatoms. The summed E-state index contributed by atoms with van der Waals surface area (Å²) in [6.45, 7) is 4.73. The van der Waals surface area contributed by atoms with E-state index in [1.54, 1.807) is 0 Å². The van der Waals surface area contributed by atoms with E-state index < -0.39 is 0 Å². The van der Waals surface area contributed by atoms with E-state index in [1.165, 1.54) is 35.9 Å². The molecule has 1 aliphatic heterocycles. The predicted molar refractivity (Wildman–Crippen MR) is 65.2 cm³/mol. The summed E-state index contributed by atoms with van der Waals surface area (Å²) >= 11 is 2.30. The van der Waals surface area contributed by atoms with Crippen molar-refractivity contribution in [3.63, 3.8) is 0 Å². The first-order valence-electron chi connectivity index (χ1n) is 5.25. The van der Waals surface area contributed by atoms with E-state index in [2.05, 4.69) is 38.8 Å². The highest BCUT2D eigenvalue weighted by atomic mass is 127. The molecule has 0 spiro atoms. The minimum absolute atomic E-state index is 1.03. The lowest BCUT2D eigenvalue weighted by atomic mass is 10.1. The van der Waals surface area contributed by atoms with Gasteiger partial charge in [-0.05, 0) is 48.5 Å². The van der Waals surface area contributed by atoms with Crippen LogP contribution in [0.5, 0.6) is 0 Å². The third-order valence-corrected chi connectivity index (χ3v) is 3.25. The van der Waals surface area contributed by atoms with Gasteiger partial charge in [-0.25, -0.2) is 0 Å². The number of hydrogen-bond acceptors (Lipinski definition) is 2. The summed E-state index contributed by atoms with van der Waals surface area (Å²) in [5, 5.41) is 4.28. The van der Waals surface area contributed by atoms with E-state index in [9.17, 15) is 0 Å². The number of likely N-dealkylation sites (tertiary alicyclic amines) is 1. The van der Waals surface area contributed by atoms with E-state index in [-0.39, 0.29) is 0 Å². The van der Waals surface area contributed by atoms with Gasteiger partial charge in [0, 0.05) is 12.7 Å². The van der Waals surface area contributed by atoms with E-state index in [4.69, 9.17) is 0 Å². The molecule has 2 rings (SSSR count). The van der Waals surface area contributed by atoms with Gasteiger partial charge in [0.15, 0.2) is 0 Å². The van der Waals surface area contributed by atoms with Gasteiger partial charge in [0.2, 0.25) is 0 Å².